The number of pyridine rings is 1. The van der Waals surface area contributed by atoms with Gasteiger partial charge >= 0.3 is 6.29 Å². The van der Waals surface area contributed by atoms with Gasteiger partial charge in [-0.05, 0) is 24.3 Å². The molecule has 0 amide bonds. The first-order valence-electron chi connectivity index (χ1n) is 8.25. The number of benzene rings is 2. The lowest BCUT2D eigenvalue weighted by Crippen LogP contribution is -2.25. The standard InChI is InChI=1S/C20H10ClF4NO3/c21-13-8-19-18(28-20(24,25)29-19)7-11(13)10-4-5-16(26-9-10)17(27)6-12-14(22)2-1-3-15(12)23/h1-5,7-9H,6H2. The third-order valence-corrected chi connectivity index (χ3v) is 4.56. The summed E-state index contributed by atoms with van der Waals surface area (Å²) in [5.41, 5.74) is 0.395. The number of alkyl halides is 2. The third kappa shape index (κ3) is 3.75. The van der Waals surface area contributed by atoms with Crippen LogP contribution in [0.4, 0.5) is 17.6 Å². The summed E-state index contributed by atoms with van der Waals surface area (Å²) in [5.74, 6) is -2.62. The molecule has 0 aliphatic carbocycles. The fraction of sp³-hybridized carbons (Fsp3) is 0.100. The molecular formula is C20H10ClF4NO3. The fourth-order valence-corrected chi connectivity index (χ4v) is 3.13. The molecule has 0 fully saturated rings. The normalized spacial score (nSPS) is 14.1. The van der Waals surface area contributed by atoms with Crippen LogP contribution in [0.25, 0.3) is 11.1 Å². The van der Waals surface area contributed by atoms with E-state index in [9.17, 15) is 22.4 Å². The minimum absolute atomic E-state index is 0.0141. The average Bonchev–Trinajstić information content (AvgIpc) is 2.97. The number of halogens is 5. The second-order valence-corrected chi connectivity index (χ2v) is 6.59. The molecule has 29 heavy (non-hydrogen) atoms. The number of fused-ring (bicyclic) bond motifs is 1. The van der Waals surface area contributed by atoms with E-state index in [-0.39, 0.29) is 27.8 Å². The van der Waals surface area contributed by atoms with E-state index in [1.54, 1.807) is 0 Å². The molecule has 4 nitrogen and oxygen atoms in total. The Morgan fingerprint density at radius 2 is 1.69 bits per heavy atom. The van der Waals surface area contributed by atoms with Crippen LogP contribution in [0.3, 0.4) is 0 Å². The van der Waals surface area contributed by atoms with Crippen molar-refractivity contribution in [2.45, 2.75) is 12.7 Å². The fourth-order valence-electron chi connectivity index (χ4n) is 2.86. The zero-order valence-corrected chi connectivity index (χ0v) is 15.1. The second-order valence-electron chi connectivity index (χ2n) is 6.18. The topological polar surface area (TPSA) is 48.4 Å². The lowest BCUT2D eigenvalue weighted by Gasteiger charge is -2.07. The molecule has 1 aliphatic rings. The summed E-state index contributed by atoms with van der Waals surface area (Å²) in [5, 5.41) is 0.111. The zero-order valence-electron chi connectivity index (χ0n) is 14.4. The Morgan fingerprint density at radius 3 is 2.31 bits per heavy atom. The van der Waals surface area contributed by atoms with Gasteiger partial charge in [0.25, 0.3) is 0 Å². The molecule has 1 aromatic heterocycles. The van der Waals surface area contributed by atoms with Crippen molar-refractivity contribution in [3.05, 3.63) is 76.6 Å². The molecule has 0 bridgehead atoms. The number of carbonyl (C=O) groups is 1. The molecule has 1 aliphatic heterocycles. The Morgan fingerprint density at radius 1 is 1.03 bits per heavy atom. The summed E-state index contributed by atoms with van der Waals surface area (Å²) >= 11 is 6.12. The Hall–Kier alpha value is -3.13. The van der Waals surface area contributed by atoms with Crippen molar-refractivity contribution >= 4 is 17.4 Å². The van der Waals surface area contributed by atoms with Crippen molar-refractivity contribution in [1.29, 1.82) is 0 Å². The van der Waals surface area contributed by atoms with Crippen LogP contribution >= 0.6 is 11.6 Å². The van der Waals surface area contributed by atoms with Crippen LogP contribution in [-0.4, -0.2) is 17.1 Å². The molecule has 0 unspecified atom stereocenters. The van der Waals surface area contributed by atoms with Crippen molar-refractivity contribution in [2.75, 3.05) is 0 Å². The first-order chi connectivity index (χ1) is 13.7. The first-order valence-corrected chi connectivity index (χ1v) is 8.63. The summed E-state index contributed by atoms with van der Waals surface area (Å²) in [7, 11) is 0. The maximum absolute atomic E-state index is 13.7. The Labute approximate surface area is 166 Å². The number of Topliss-reactive ketones (excluding diaryl/α,β-unsaturated/α-hetero) is 1. The monoisotopic (exact) mass is 423 g/mol. The quantitative estimate of drug-likeness (QED) is 0.415. The minimum Gasteiger partial charge on any atom is -0.395 e. The molecule has 2 heterocycles. The summed E-state index contributed by atoms with van der Waals surface area (Å²) in [4.78, 5) is 16.3. The zero-order chi connectivity index (χ0) is 20.8. The highest BCUT2D eigenvalue weighted by Gasteiger charge is 2.43. The first kappa shape index (κ1) is 19.2. The Kier molecular flexibility index (Phi) is 4.66. The van der Waals surface area contributed by atoms with Crippen LogP contribution < -0.4 is 9.47 Å². The Balaban J connectivity index is 1.58. The number of ketones is 1. The van der Waals surface area contributed by atoms with Gasteiger partial charge in [-0.25, -0.2) is 8.78 Å². The van der Waals surface area contributed by atoms with Crippen molar-refractivity contribution < 1.29 is 31.8 Å². The molecule has 3 aromatic rings. The summed E-state index contributed by atoms with van der Waals surface area (Å²) in [6.07, 6.45) is -2.97. The van der Waals surface area contributed by atoms with Gasteiger partial charge in [-0.2, -0.15) is 0 Å². The van der Waals surface area contributed by atoms with Crippen molar-refractivity contribution in [1.82, 2.24) is 4.98 Å². The van der Waals surface area contributed by atoms with E-state index in [4.69, 9.17) is 11.6 Å². The van der Waals surface area contributed by atoms with Gasteiger partial charge in [0.1, 0.15) is 17.3 Å². The molecule has 0 saturated carbocycles. The highest BCUT2D eigenvalue weighted by molar-refractivity contribution is 6.33. The van der Waals surface area contributed by atoms with E-state index in [1.165, 1.54) is 36.5 Å². The van der Waals surface area contributed by atoms with Crippen molar-refractivity contribution in [3.63, 3.8) is 0 Å². The predicted molar refractivity (Wildman–Crippen MR) is 95.3 cm³/mol. The molecule has 0 saturated heterocycles. The number of carbonyl (C=O) groups excluding carboxylic acids is 1. The SMILES string of the molecule is O=C(Cc1c(F)cccc1F)c1ccc(-c2cc3c(cc2Cl)OC(F)(F)O3)cn1. The lowest BCUT2D eigenvalue weighted by molar-refractivity contribution is -0.286. The molecule has 9 heteroatoms. The van der Waals surface area contributed by atoms with Crippen LogP contribution in [0, 0.1) is 11.6 Å². The largest absolute Gasteiger partial charge is 0.586 e. The van der Waals surface area contributed by atoms with Crippen LogP contribution in [0.2, 0.25) is 5.02 Å². The summed E-state index contributed by atoms with van der Waals surface area (Å²) < 4.78 is 62.5. The predicted octanol–water partition coefficient (Wildman–Crippen LogP) is 5.43. The molecule has 2 aromatic carbocycles. The Bertz CT molecular complexity index is 1100. The third-order valence-electron chi connectivity index (χ3n) is 4.25. The summed E-state index contributed by atoms with van der Waals surface area (Å²) in [6, 6.07) is 8.63. The van der Waals surface area contributed by atoms with Crippen molar-refractivity contribution in [2.24, 2.45) is 0 Å². The van der Waals surface area contributed by atoms with E-state index in [0.717, 1.165) is 12.1 Å². The highest BCUT2D eigenvalue weighted by Crippen LogP contribution is 2.45. The number of aromatic nitrogens is 1. The van der Waals surface area contributed by atoms with Gasteiger partial charge in [-0.1, -0.05) is 23.7 Å². The molecule has 0 atom stereocenters. The number of rotatable bonds is 4. The number of nitrogens with zero attached hydrogens (tertiary/aromatic N) is 1. The van der Waals surface area contributed by atoms with E-state index in [0.29, 0.717) is 11.1 Å². The van der Waals surface area contributed by atoms with Gasteiger partial charge < -0.3 is 9.47 Å². The maximum atomic E-state index is 13.7. The van der Waals surface area contributed by atoms with E-state index < -0.39 is 30.1 Å². The van der Waals surface area contributed by atoms with Gasteiger partial charge in [0, 0.05) is 35.4 Å². The van der Waals surface area contributed by atoms with Gasteiger partial charge in [0.2, 0.25) is 0 Å². The van der Waals surface area contributed by atoms with E-state index >= 15 is 0 Å². The molecule has 0 N–H and O–H groups in total. The van der Waals surface area contributed by atoms with Crippen LogP contribution in [0.1, 0.15) is 16.1 Å². The molecule has 4 rings (SSSR count). The maximum Gasteiger partial charge on any atom is 0.586 e. The van der Waals surface area contributed by atoms with E-state index in [1.807, 2.05) is 0 Å². The molecule has 0 spiro atoms. The number of hydrogen-bond donors (Lipinski definition) is 0. The van der Waals surface area contributed by atoms with E-state index in [2.05, 4.69) is 14.5 Å². The molecular weight excluding hydrogens is 414 g/mol. The summed E-state index contributed by atoms with van der Waals surface area (Å²) in [6.45, 7) is 0. The van der Waals surface area contributed by atoms with Crippen LogP contribution in [0.15, 0.2) is 48.7 Å². The smallest absolute Gasteiger partial charge is 0.395 e. The number of ether oxygens (including phenoxy) is 2. The van der Waals surface area contributed by atoms with Gasteiger partial charge in [-0.3, -0.25) is 9.78 Å². The second kappa shape index (κ2) is 7.04. The van der Waals surface area contributed by atoms with Gasteiger partial charge in [0.15, 0.2) is 17.3 Å². The van der Waals surface area contributed by atoms with Crippen LogP contribution in [-0.2, 0) is 6.42 Å². The number of hydrogen-bond acceptors (Lipinski definition) is 4. The van der Waals surface area contributed by atoms with Crippen LogP contribution in [0.5, 0.6) is 11.5 Å². The molecule has 0 radical (unpaired) electrons. The highest BCUT2D eigenvalue weighted by atomic mass is 35.5. The minimum atomic E-state index is -3.78. The van der Waals surface area contributed by atoms with Gasteiger partial charge in [0.05, 0.1) is 5.02 Å². The molecule has 148 valence electrons. The van der Waals surface area contributed by atoms with Gasteiger partial charge in [-0.15, -0.1) is 8.78 Å². The average molecular weight is 424 g/mol. The van der Waals surface area contributed by atoms with Crippen molar-refractivity contribution in [3.8, 4) is 22.6 Å². The lowest BCUT2D eigenvalue weighted by atomic mass is 10.0.